The number of fused-ring (bicyclic) bond motifs is 1. The predicted molar refractivity (Wildman–Crippen MR) is 143 cm³/mol. The number of benzene rings is 3. The van der Waals surface area contributed by atoms with Crippen LogP contribution in [-0.4, -0.2) is 55.4 Å². The van der Waals surface area contributed by atoms with Crippen molar-refractivity contribution in [2.24, 2.45) is 0 Å². The fourth-order valence-electron chi connectivity index (χ4n) is 4.75. The van der Waals surface area contributed by atoms with Crippen LogP contribution in [-0.2, 0) is 22.6 Å². The predicted octanol–water partition coefficient (Wildman–Crippen LogP) is 4.84. The average molecular weight is 491 g/mol. The van der Waals surface area contributed by atoms with E-state index in [0.717, 1.165) is 38.0 Å². The summed E-state index contributed by atoms with van der Waals surface area (Å²) in [6, 6.07) is 20.7. The molecule has 0 saturated carbocycles. The molecule has 1 aliphatic rings. The highest BCUT2D eigenvalue weighted by molar-refractivity contribution is 5.94. The first kappa shape index (κ1) is 26.3. The van der Waals surface area contributed by atoms with Crippen molar-refractivity contribution in [3.63, 3.8) is 0 Å². The number of nitrogens with zero attached hydrogens (tertiary/aromatic N) is 1. The number of likely N-dealkylation sites (tertiary alicyclic amines) is 1. The monoisotopic (exact) mass is 490 g/mol. The number of ether oxygens (including phenoxy) is 2. The summed E-state index contributed by atoms with van der Waals surface area (Å²) >= 11 is 0. The fourth-order valence-corrected chi connectivity index (χ4v) is 4.75. The zero-order valence-corrected chi connectivity index (χ0v) is 21.4. The summed E-state index contributed by atoms with van der Waals surface area (Å²) in [6.07, 6.45) is 1.96. The third kappa shape index (κ3) is 7.14. The molecular formula is C30H38N2O4. The van der Waals surface area contributed by atoms with Crippen LogP contribution in [0.2, 0.25) is 0 Å². The molecule has 0 bridgehead atoms. The van der Waals surface area contributed by atoms with Crippen molar-refractivity contribution in [1.29, 1.82) is 0 Å². The molecule has 1 saturated heterocycles. The van der Waals surface area contributed by atoms with Crippen LogP contribution < -0.4 is 5.32 Å². The first-order valence-electron chi connectivity index (χ1n) is 12.9. The second-order valence-electron chi connectivity index (χ2n) is 9.63. The molecule has 0 radical (unpaired) electrons. The number of carbonyl (C=O) groups excluding carboxylic acids is 1. The summed E-state index contributed by atoms with van der Waals surface area (Å²) in [5.41, 5.74) is 3.87. The maximum absolute atomic E-state index is 12.8. The van der Waals surface area contributed by atoms with Crippen LogP contribution in [0.4, 0.5) is 0 Å². The van der Waals surface area contributed by atoms with Gasteiger partial charge in [-0.25, -0.2) is 0 Å². The van der Waals surface area contributed by atoms with Gasteiger partial charge in [0.25, 0.3) is 5.91 Å². The number of nitrogens with one attached hydrogen (secondary N) is 1. The quantitative estimate of drug-likeness (QED) is 0.377. The Kier molecular flexibility index (Phi) is 9.47. The maximum atomic E-state index is 12.8. The summed E-state index contributed by atoms with van der Waals surface area (Å²) in [5.74, 6) is -0.0601. The van der Waals surface area contributed by atoms with E-state index >= 15 is 0 Å². The molecule has 2 N–H and O–H groups in total. The third-order valence-corrected chi connectivity index (χ3v) is 6.92. The molecular weight excluding hydrogens is 452 g/mol. The largest absolute Gasteiger partial charge is 0.388 e. The molecule has 4 rings (SSSR count). The van der Waals surface area contributed by atoms with Gasteiger partial charge in [0, 0.05) is 38.3 Å². The van der Waals surface area contributed by atoms with Crippen LogP contribution in [0.3, 0.4) is 0 Å². The number of aliphatic hydroxyl groups excluding tert-OH is 1. The van der Waals surface area contributed by atoms with Gasteiger partial charge in [0.2, 0.25) is 0 Å². The van der Waals surface area contributed by atoms with Crippen molar-refractivity contribution in [1.82, 2.24) is 10.2 Å². The Morgan fingerprint density at radius 1 is 1.03 bits per heavy atom. The summed E-state index contributed by atoms with van der Waals surface area (Å²) in [5, 5.41) is 15.7. The minimum Gasteiger partial charge on any atom is -0.388 e. The van der Waals surface area contributed by atoms with Gasteiger partial charge in [-0.2, -0.15) is 0 Å². The van der Waals surface area contributed by atoms with Crippen LogP contribution in [0, 0.1) is 0 Å². The molecule has 0 aliphatic carbocycles. The van der Waals surface area contributed by atoms with Gasteiger partial charge >= 0.3 is 0 Å². The summed E-state index contributed by atoms with van der Waals surface area (Å²) in [7, 11) is 1.68. The number of amides is 1. The van der Waals surface area contributed by atoms with Gasteiger partial charge in [-0.1, -0.05) is 43.3 Å². The van der Waals surface area contributed by atoms with E-state index in [0.29, 0.717) is 31.8 Å². The van der Waals surface area contributed by atoms with E-state index in [2.05, 4.69) is 46.6 Å². The van der Waals surface area contributed by atoms with Gasteiger partial charge in [0.05, 0.1) is 25.9 Å². The van der Waals surface area contributed by atoms with Crippen LogP contribution in [0.5, 0.6) is 0 Å². The Balaban J connectivity index is 1.28. The zero-order chi connectivity index (χ0) is 25.3. The second-order valence-corrected chi connectivity index (χ2v) is 9.63. The maximum Gasteiger partial charge on any atom is 0.251 e. The first-order chi connectivity index (χ1) is 17.6. The number of hydrogen-bond acceptors (Lipinski definition) is 5. The first-order valence-corrected chi connectivity index (χ1v) is 12.9. The molecule has 1 heterocycles. The van der Waals surface area contributed by atoms with E-state index in [1.54, 1.807) is 13.2 Å². The highest BCUT2D eigenvalue weighted by Gasteiger charge is 2.21. The molecule has 1 unspecified atom stereocenters. The van der Waals surface area contributed by atoms with Gasteiger partial charge in [-0.3, -0.25) is 9.69 Å². The fraction of sp³-hybridized carbons (Fsp3) is 0.433. The molecule has 1 amide bonds. The van der Waals surface area contributed by atoms with E-state index in [1.807, 2.05) is 25.1 Å². The molecule has 1 fully saturated rings. The standard InChI is InChI=1S/C30H38N2O4/c1-3-29(33)25-5-4-6-26(19-25)30(34)31-28-11-13-32(14-12-28)20-22-7-9-24-10-8-23(18-27(24)17-22)21-36-16-15-35-2/h4-10,17-19,28-29,33H,3,11-16,20-21H2,1-2H3,(H,31,34). The minimum atomic E-state index is -0.531. The molecule has 192 valence electrons. The Bertz CT molecular complexity index is 1140. The Morgan fingerprint density at radius 2 is 1.78 bits per heavy atom. The zero-order valence-electron chi connectivity index (χ0n) is 21.4. The summed E-state index contributed by atoms with van der Waals surface area (Å²) in [4.78, 5) is 15.2. The number of piperidine rings is 1. The van der Waals surface area contributed by atoms with Crippen molar-refractivity contribution >= 4 is 16.7 Å². The Morgan fingerprint density at radius 3 is 2.53 bits per heavy atom. The number of carbonyl (C=O) groups is 1. The SMILES string of the molecule is CCC(O)c1cccc(C(=O)NC2CCN(Cc3ccc4ccc(COCCOC)cc4c3)CC2)c1. The number of hydrogen-bond donors (Lipinski definition) is 2. The van der Waals surface area contributed by atoms with Crippen molar-refractivity contribution in [3.05, 3.63) is 82.9 Å². The van der Waals surface area contributed by atoms with Gasteiger partial charge in [0.1, 0.15) is 0 Å². The minimum absolute atomic E-state index is 0.0601. The number of aliphatic hydroxyl groups is 1. The topological polar surface area (TPSA) is 71.0 Å². The normalized spacial score (nSPS) is 15.8. The van der Waals surface area contributed by atoms with Crippen LogP contribution in [0.1, 0.15) is 59.3 Å². The van der Waals surface area contributed by atoms with Gasteiger partial charge in [-0.05, 0) is 71.0 Å². The van der Waals surface area contributed by atoms with E-state index in [9.17, 15) is 9.90 Å². The molecule has 3 aromatic rings. The van der Waals surface area contributed by atoms with Crippen LogP contribution in [0.15, 0.2) is 60.7 Å². The molecule has 3 aromatic carbocycles. The van der Waals surface area contributed by atoms with Gasteiger partial charge in [-0.15, -0.1) is 0 Å². The van der Waals surface area contributed by atoms with Crippen molar-refractivity contribution in [3.8, 4) is 0 Å². The van der Waals surface area contributed by atoms with Gasteiger partial charge < -0.3 is 19.9 Å². The number of rotatable bonds is 11. The smallest absolute Gasteiger partial charge is 0.251 e. The van der Waals surface area contributed by atoms with Crippen LogP contribution >= 0.6 is 0 Å². The van der Waals surface area contributed by atoms with Gasteiger partial charge in [0.15, 0.2) is 0 Å². The lowest BCUT2D eigenvalue weighted by Crippen LogP contribution is -2.44. The number of methoxy groups -OCH3 is 1. The Labute approximate surface area is 214 Å². The van der Waals surface area contributed by atoms with E-state index < -0.39 is 6.10 Å². The van der Waals surface area contributed by atoms with Crippen LogP contribution in [0.25, 0.3) is 10.8 Å². The molecule has 6 heteroatoms. The van der Waals surface area contributed by atoms with Crippen molar-refractivity contribution in [2.45, 2.75) is 51.5 Å². The summed E-state index contributed by atoms with van der Waals surface area (Å²) < 4.78 is 10.7. The lowest BCUT2D eigenvalue weighted by Gasteiger charge is -2.32. The Hall–Kier alpha value is -2.77. The second kappa shape index (κ2) is 13.0. The van der Waals surface area contributed by atoms with Crippen molar-refractivity contribution < 1.29 is 19.4 Å². The molecule has 6 nitrogen and oxygen atoms in total. The molecule has 36 heavy (non-hydrogen) atoms. The lowest BCUT2D eigenvalue weighted by atomic mass is 10.0. The van der Waals surface area contributed by atoms with E-state index in [1.165, 1.54) is 21.9 Å². The summed E-state index contributed by atoms with van der Waals surface area (Å²) in [6.45, 7) is 6.53. The highest BCUT2D eigenvalue weighted by Crippen LogP contribution is 2.22. The lowest BCUT2D eigenvalue weighted by molar-refractivity contribution is 0.0617. The molecule has 0 aromatic heterocycles. The average Bonchev–Trinajstić information content (AvgIpc) is 2.91. The molecule has 0 spiro atoms. The highest BCUT2D eigenvalue weighted by atomic mass is 16.5. The molecule has 1 atom stereocenters. The van der Waals surface area contributed by atoms with E-state index in [-0.39, 0.29) is 11.9 Å². The third-order valence-electron chi connectivity index (χ3n) is 6.92. The van der Waals surface area contributed by atoms with Crippen molar-refractivity contribution in [2.75, 3.05) is 33.4 Å². The van der Waals surface area contributed by atoms with E-state index in [4.69, 9.17) is 9.47 Å². The molecule has 1 aliphatic heterocycles.